The molecule has 27 heavy (non-hydrogen) atoms. The van der Waals surface area contributed by atoms with Gasteiger partial charge in [0.05, 0.1) is 11.8 Å². The van der Waals surface area contributed by atoms with Crippen molar-refractivity contribution in [3.05, 3.63) is 45.7 Å². The first-order valence-electron chi connectivity index (χ1n) is 9.95. The second-order valence-electron chi connectivity index (χ2n) is 7.32. The van der Waals surface area contributed by atoms with E-state index in [2.05, 4.69) is 28.1 Å². The van der Waals surface area contributed by atoms with Crippen LogP contribution in [0.25, 0.3) is 5.69 Å². The average molecular weight is 432 g/mol. The number of amides is 1. The van der Waals surface area contributed by atoms with Gasteiger partial charge in [-0.1, -0.05) is 22.0 Å². The molecular formula is C21H26BrN3O2. The Morgan fingerprint density at radius 1 is 1.26 bits per heavy atom. The molecule has 0 bridgehead atoms. The molecule has 0 radical (unpaired) electrons. The van der Waals surface area contributed by atoms with Crippen LogP contribution in [0.15, 0.2) is 28.7 Å². The molecule has 0 unspecified atom stereocenters. The van der Waals surface area contributed by atoms with E-state index in [1.54, 1.807) is 0 Å². The van der Waals surface area contributed by atoms with Crippen LogP contribution >= 0.6 is 15.9 Å². The molecule has 2 heterocycles. The van der Waals surface area contributed by atoms with Crippen molar-refractivity contribution in [1.82, 2.24) is 14.7 Å². The Morgan fingerprint density at radius 3 is 2.78 bits per heavy atom. The van der Waals surface area contributed by atoms with Gasteiger partial charge in [0.1, 0.15) is 0 Å². The van der Waals surface area contributed by atoms with Crippen LogP contribution in [0.5, 0.6) is 0 Å². The van der Waals surface area contributed by atoms with E-state index in [0.29, 0.717) is 5.69 Å². The largest absolute Gasteiger partial charge is 0.378 e. The number of hydrogen-bond acceptors (Lipinski definition) is 3. The molecular weight excluding hydrogens is 406 g/mol. The Bertz CT molecular complexity index is 825. The summed E-state index contributed by atoms with van der Waals surface area (Å²) in [5, 5.41) is 4.81. The minimum absolute atomic E-state index is 0.0804. The molecule has 144 valence electrons. The minimum atomic E-state index is 0.0804. The maximum Gasteiger partial charge on any atom is 0.274 e. The zero-order chi connectivity index (χ0) is 18.8. The molecule has 1 fully saturated rings. The fourth-order valence-corrected chi connectivity index (χ4v) is 4.59. The van der Waals surface area contributed by atoms with Crippen molar-refractivity contribution in [3.63, 3.8) is 0 Å². The highest BCUT2D eigenvalue weighted by Crippen LogP contribution is 2.29. The third kappa shape index (κ3) is 3.83. The maximum absolute atomic E-state index is 13.2. The lowest BCUT2D eigenvalue weighted by atomic mass is 9.95. The monoisotopic (exact) mass is 431 g/mol. The smallest absolute Gasteiger partial charge is 0.274 e. The normalized spacial score (nSPS) is 17.8. The maximum atomic E-state index is 13.2. The Kier molecular flexibility index (Phi) is 5.64. The Balaban J connectivity index is 1.62. The highest BCUT2D eigenvalue weighted by molar-refractivity contribution is 9.10. The van der Waals surface area contributed by atoms with Gasteiger partial charge in [0.25, 0.3) is 5.91 Å². The average Bonchev–Trinajstić information content (AvgIpc) is 3.08. The number of nitrogens with zero attached hydrogens (tertiary/aromatic N) is 3. The molecule has 1 aromatic heterocycles. The molecule has 1 amide bonds. The van der Waals surface area contributed by atoms with Gasteiger partial charge in [0.15, 0.2) is 5.69 Å². The standard InChI is InChI=1S/C21H26BrN3O2/c1-2-27-17-10-12-24(13-11-17)21(26)20-18-8-3-4-9-19(18)25(23-20)16-7-5-6-15(22)14-16/h5-7,14,17H,2-4,8-13H2,1H3. The van der Waals surface area contributed by atoms with Gasteiger partial charge in [0, 0.05) is 35.4 Å². The van der Waals surface area contributed by atoms with Gasteiger partial charge in [-0.25, -0.2) is 4.68 Å². The molecule has 2 aromatic rings. The summed E-state index contributed by atoms with van der Waals surface area (Å²) in [6.45, 7) is 4.27. The van der Waals surface area contributed by atoms with Gasteiger partial charge in [-0.3, -0.25) is 4.79 Å². The molecule has 6 heteroatoms. The first kappa shape index (κ1) is 18.7. The van der Waals surface area contributed by atoms with Crippen LogP contribution in [0.1, 0.15) is 54.4 Å². The number of likely N-dealkylation sites (tertiary alicyclic amines) is 1. The quantitative estimate of drug-likeness (QED) is 0.729. The molecule has 0 atom stereocenters. The van der Waals surface area contributed by atoms with Crippen LogP contribution in [0.2, 0.25) is 0 Å². The molecule has 1 aliphatic carbocycles. The Labute approximate surface area is 168 Å². The summed E-state index contributed by atoms with van der Waals surface area (Å²) in [5.41, 5.74) is 4.02. The predicted octanol–water partition coefficient (Wildman–Crippen LogP) is 4.15. The Morgan fingerprint density at radius 2 is 2.04 bits per heavy atom. The number of piperidine rings is 1. The van der Waals surface area contributed by atoms with E-state index < -0.39 is 0 Å². The lowest BCUT2D eigenvalue weighted by Gasteiger charge is -2.31. The van der Waals surface area contributed by atoms with Crippen molar-refractivity contribution >= 4 is 21.8 Å². The highest BCUT2D eigenvalue weighted by Gasteiger charge is 2.30. The summed E-state index contributed by atoms with van der Waals surface area (Å²) in [6, 6.07) is 8.13. The molecule has 1 aromatic carbocycles. The summed E-state index contributed by atoms with van der Waals surface area (Å²) in [4.78, 5) is 15.2. The predicted molar refractivity (Wildman–Crippen MR) is 108 cm³/mol. The third-order valence-corrected chi connectivity index (χ3v) is 6.06. The molecule has 1 saturated heterocycles. The summed E-state index contributed by atoms with van der Waals surface area (Å²) in [6.07, 6.45) is 6.31. The number of halogens is 1. The second-order valence-corrected chi connectivity index (χ2v) is 8.24. The summed E-state index contributed by atoms with van der Waals surface area (Å²) in [5.74, 6) is 0.0804. The number of hydrogen-bond donors (Lipinski definition) is 0. The number of aromatic nitrogens is 2. The van der Waals surface area contributed by atoms with Crippen molar-refractivity contribution in [2.45, 2.75) is 51.6 Å². The van der Waals surface area contributed by atoms with Crippen molar-refractivity contribution in [3.8, 4) is 5.69 Å². The van der Waals surface area contributed by atoms with Crippen LogP contribution in [-0.4, -0.2) is 46.4 Å². The summed E-state index contributed by atoms with van der Waals surface area (Å²) >= 11 is 3.54. The lowest BCUT2D eigenvalue weighted by molar-refractivity contribution is 0.0144. The SMILES string of the molecule is CCOC1CCN(C(=O)c2nn(-c3cccc(Br)c3)c3c2CCCC3)CC1. The van der Waals surface area contributed by atoms with Gasteiger partial charge in [-0.15, -0.1) is 0 Å². The number of benzene rings is 1. The zero-order valence-electron chi connectivity index (χ0n) is 15.8. The zero-order valence-corrected chi connectivity index (χ0v) is 17.4. The number of rotatable bonds is 4. The highest BCUT2D eigenvalue weighted by atomic mass is 79.9. The minimum Gasteiger partial charge on any atom is -0.378 e. The van der Waals surface area contributed by atoms with Crippen molar-refractivity contribution < 1.29 is 9.53 Å². The van der Waals surface area contributed by atoms with Gasteiger partial charge in [-0.05, 0) is 63.6 Å². The third-order valence-electron chi connectivity index (χ3n) is 5.57. The van der Waals surface area contributed by atoms with E-state index in [1.165, 1.54) is 5.69 Å². The van der Waals surface area contributed by atoms with Gasteiger partial charge >= 0.3 is 0 Å². The van der Waals surface area contributed by atoms with Crippen LogP contribution < -0.4 is 0 Å². The van der Waals surface area contributed by atoms with Gasteiger partial charge in [-0.2, -0.15) is 5.10 Å². The van der Waals surface area contributed by atoms with Crippen molar-refractivity contribution in [2.75, 3.05) is 19.7 Å². The molecule has 1 aliphatic heterocycles. The molecule has 0 spiro atoms. The molecule has 2 aliphatic rings. The van der Waals surface area contributed by atoms with E-state index in [-0.39, 0.29) is 12.0 Å². The molecule has 0 N–H and O–H groups in total. The van der Waals surface area contributed by atoms with Crippen molar-refractivity contribution in [2.24, 2.45) is 0 Å². The van der Waals surface area contributed by atoms with E-state index in [0.717, 1.165) is 73.9 Å². The van der Waals surface area contributed by atoms with Crippen molar-refractivity contribution in [1.29, 1.82) is 0 Å². The topological polar surface area (TPSA) is 47.4 Å². The van der Waals surface area contributed by atoms with Gasteiger partial charge < -0.3 is 9.64 Å². The van der Waals surface area contributed by atoms with Crippen LogP contribution in [0.4, 0.5) is 0 Å². The Hall–Kier alpha value is -1.66. The molecule has 0 saturated carbocycles. The number of fused-ring (bicyclic) bond motifs is 1. The second kappa shape index (κ2) is 8.15. The van der Waals surface area contributed by atoms with E-state index in [9.17, 15) is 4.79 Å². The first-order chi connectivity index (χ1) is 13.2. The summed E-state index contributed by atoms with van der Waals surface area (Å²) < 4.78 is 8.72. The van der Waals surface area contributed by atoms with E-state index >= 15 is 0 Å². The first-order valence-corrected chi connectivity index (χ1v) is 10.7. The fraction of sp³-hybridized carbons (Fsp3) is 0.524. The van der Waals surface area contributed by atoms with Gasteiger partial charge in [0.2, 0.25) is 0 Å². The summed E-state index contributed by atoms with van der Waals surface area (Å²) in [7, 11) is 0. The van der Waals surface area contributed by atoms with Crippen LogP contribution in [0, 0.1) is 0 Å². The van der Waals surface area contributed by atoms with Crippen LogP contribution in [-0.2, 0) is 17.6 Å². The van der Waals surface area contributed by atoms with E-state index in [4.69, 9.17) is 9.84 Å². The number of carbonyl (C=O) groups is 1. The van der Waals surface area contributed by atoms with E-state index in [1.807, 2.05) is 28.6 Å². The molecule has 5 nitrogen and oxygen atoms in total. The fourth-order valence-electron chi connectivity index (χ4n) is 4.20. The van der Waals surface area contributed by atoms with Crippen LogP contribution in [0.3, 0.4) is 0 Å². The number of carbonyl (C=O) groups excluding carboxylic acids is 1. The molecule has 4 rings (SSSR count). The number of ether oxygens (including phenoxy) is 1. The lowest BCUT2D eigenvalue weighted by Crippen LogP contribution is -2.41.